The van der Waals surface area contributed by atoms with Crippen LogP contribution in [0, 0.1) is 0 Å². The number of hydrogen-bond acceptors (Lipinski definition) is 3. The number of ketones is 1. The third kappa shape index (κ3) is 2.26. The molecule has 0 aromatic heterocycles. The van der Waals surface area contributed by atoms with E-state index in [0.29, 0.717) is 36.5 Å². The Morgan fingerprint density at radius 3 is 2.38 bits per heavy atom. The van der Waals surface area contributed by atoms with E-state index in [1.807, 2.05) is 0 Å². The minimum atomic E-state index is -1.21. The maximum Gasteiger partial charge on any atom is 0.194 e. The fraction of sp³-hybridized carbons (Fsp3) is 0.417. The fourth-order valence-electron chi connectivity index (χ4n) is 1.94. The molecule has 0 amide bonds. The van der Waals surface area contributed by atoms with Gasteiger partial charge in [0.25, 0.3) is 0 Å². The molecule has 1 fully saturated rings. The predicted molar refractivity (Wildman–Crippen MR) is 62.8 cm³/mol. The summed E-state index contributed by atoms with van der Waals surface area (Å²) in [5.41, 5.74) is -0.687. The molecule has 1 saturated heterocycles. The van der Waals surface area contributed by atoms with E-state index in [1.165, 1.54) is 0 Å². The van der Waals surface area contributed by atoms with Crippen LogP contribution in [0.2, 0.25) is 5.02 Å². The summed E-state index contributed by atoms with van der Waals surface area (Å²) in [5.74, 6) is -0.203. The third-order valence-corrected chi connectivity index (χ3v) is 3.21. The first kappa shape index (κ1) is 11.6. The molecule has 16 heavy (non-hydrogen) atoms. The maximum absolute atomic E-state index is 12.1. The molecule has 3 nitrogen and oxygen atoms in total. The number of hydrogen-bond donors (Lipinski definition) is 2. The van der Waals surface area contributed by atoms with E-state index in [-0.39, 0.29) is 5.78 Å². The number of nitrogens with one attached hydrogen (secondary N) is 1. The Hall–Kier alpha value is -0.900. The van der Waals surface area contributed by atoms with Crippen molar-refractivity contribution in [2.45, 2.75) is 18.4 Å². The van der Waals surface area contributed by atoms with Crippen molar-refractivity contribution in [2.24, 2.45) is 0 Å². The summed E-state index contributed by atoms with van der Waals surface area (Å²) in [6.45, 7) is 1.35. The van der Waals surface area contributed by atoms with E-state index < -0.39 is 5.60 Å². The minimum absolute atomic E-state index is 0.203. The molecule has 2 rings (SSSR count). The molecule has 1 aliphatic heterocycles. The van der Waals surface area contributed by atoms with E-state index >= 15 is 0 Å². The number of carbonyl (C=O) groups is 1. The lowest BCUT2D eigenvalue weighted by molar-refractivity contribution is 0.0155. The first-order chi connectivity index (χ1) is 7.62. The second-order valence-electron chi connectivity index (χ2n) is 4.12. The molecule has 0 saturated carbocycles. The van der Waals surface area contributed by atoms with Gasteiger partial charge in [0.05, 0.1) is 0 Å². The van der Waals surface area contributed by atoms with Crippen LogP contribution >= 0.6 is 11.6 Å². The van der Waals surface area contributed by atoms with Gasteiger partial charge in [-0.05, 0) is 50.2 Å². The second-order valence-corrected chi connectivity index (χ2v) is 4.55. The van der Waals surface area contributed by atoms with Crippen LogP contribution in [-0.2, 0) is 0 Å². The Labute approximate surface area is 99.4 Å². The molecule has 4 heteroatoms. The number of rotatable bonds is 2. The zero-order valence-corrected chi connectivity index (χ0v) is 9.63. The summed E-state index contributed by atoms with van der Waals surface area (Å²) in [6, 6.07) is 6.65. The van der Waals surface area contributed by atoms with Gasteiger partial charge in [0.15, 0.2) is 5.78 Å². The summed E-state index contributed by atoms with van der Waals surface area (Å²) in [6.07, 6.45) is 0.933. The molecular formula is C12H14ClNO2. The molecule has 0 spiro atoms. The quantitative estimate of drug-likeness (QED) is 0.772. The van der Waals surface area contributed by atoms with Crippen molar-refractivity contribution < 1.29 is 9.90 Å². The van der Waals surface area contributed by atoms with E-state index in [1.54, 1.807) is 24.3 Å². The van der Waals surface area contributed by atoms with Gasteiger partial charge in [-0.25, -0.2) is 0 Å². The largest absolute Gasteiger partial charge is 0.382 e. The van der Waals surface area contributed by atoms with Crippen molar-refractivity contribution in [3.05, 3.63) is 34.9 Å². The number of Topliss-reactive ketones (excluding diaryl/α,β-unsaturated/α-hetero) is 1. The summed E-state index contributed by atoms with van der Waals surface area (Å²) < 4.78 is 0. The zero-order valence-electron chi connectivity index (χ0n) is 8.87. The monoisotopic (exact) mass is 239 g/mol. The summed E-state index contributed by atoms with van der Waals surface area (Å²) in [7, 11) is 0. The first-order valence-electron chi connectivity index (χ1n) is 5.35. The normalized spacial score (nSPS) is 19.4. The molecule has 2 N–H and O–H groups in total. The van der Waals surface area contributed by atoms with Crippen LogP contribution in [0.3, 0.4) is 0 Å². The SMILES string of the molecule is O=C(c1ccc(Cl)cc1)C1(O)CCNCC1. The van der Waals surface area contributed by atoms with Crippen molar-refractivity contribution in [3.63, 3.8) is 0 Å². The average Bonchev–Trinajstić information content (AvgIpc) is 2.30. The summed E-state index contributed by atoms with van der Waals surface area (Å²) in [5, 5.41) is 14.0. The second kappa shape index (κ2) is 4.53. The number of halogens is 1. The molecule has 1 aliphatic rings. The lowest BCUT2D eigenvalue weighted by Crippen LogP contribution is -2.47. The van der Waals surface area contributed by atoms with E-state index in [2.05, 4.69) is 5.32 Å². The van der Waals surface area contributed by atoms with Crippen LogP contribution < -0.4 is 5.32 Å². The lowest BCUT2D eigenvalue weighted by Gasteiger charge is -2.31. The average molecular weight is 240 g/mol. The van der Waals surface area contributed by atoms with Gasteiger partial charge in [0.1, 0.15) is 5.60 Å². The molecule has 1 aromatic rings. The molecule has 0 unspecified atom stereocenters. The van der Waals surface area contributed by atoms with Crippen LogP contribution in [0.4, 0.5) is 0 Å². The van der Waals surface area contributed by atoms with E-state index in [9.17, 15) is 9.90 Å². The van der Waals surface area contributed by atoms with Crippen LogP contribution in [0.5, 0.6) is 0 Å². The number of piperidine rings is 1. The molecule has 0 aliphatic carbocycles. The minimum Gasteiger partial charge on any atom is -0.382 e. The van der Waals surface area contributed by atoms with Crippen LogP contribution in [0.1, 0.15) is 23.2 Å². The molecule has 0 atom stereocenters. The molecular weight excluding hydrogens is 226 g/mol. The fourth-order valence-corrected chi connectivity index (χ4v) is 2.06. The third-order valence-electron chi connectivity index (χ3n) is 2.96. The molecule has 1 heterocycles. The lowest BCUT2D eigenvalue weighted by atomic mass is 9.85. The van der Waals surface area contributed by atoms with Gasteiger partial charge in [-0.1, -0.05) is 11.6 Å². The van der Waals surface area contributed by atoms with Crippen molar-refractivity contribution >= 4 is 17.4 Å². The van der Waals surface area contributed by atoms with Crippen LogP contribution in [-0.4, -0.2) is 29.6 Å². The standard InChI is InChI=1S/C12H14ClNO2/c13-10-3-1-9(2-4-10)11(15)12(16)5-7-14-8-6-12/h1-4,14,16H,5-8H2. The highest BCUT2D eigenvalue weighted by molar-refractivity contribution is 6.30. The smallest absolute Gasteiger partial charge is 0.194 e. The van der Waals surface area contributed by atoms with Gasteiger partial charge in [-0.3, -0.25) is 4.79 Å². The molecule has 1 aromatic carbocycles. The van der Waals surface area contributed by atoms with Gasteiger partial charge in [-0.15, -0.1) is 0 Å². The highest BCUT2D eigenvalue weighted by atomic mass is 35.5. The summed E-state index contributed by atoms with van der Waals surface area (Å²) in [4.78, 5) is 12.1. The number of benzene rings is 1. The Kier molecular flexibility index (Phi) is 3.28. The number of aliphatic hydroxyl groups is 1. The zero-order chi connectivity index (χ0) is 11.6. The van der Waals surface area contributed by atoms with Gasteiger partial charge in [-0.2, -0.15) is 0 Å². The molecule has 86 valence electrons. The maximum atomic E-state index is 12.1. The predicted octanol–water partition coefficient (Wildman–Crippen LogP) is 1.64. The van der Waals surface area contributed by atoms with Crippen LogP contribution in [0.25, 0.3) is 0 Å². The number of carbonyl (C=O) groups excluding carboxylic acids is 1. The Bertz CT molecular complexity index is 383. The highest BCUT2D eigenvalue weighted by Gasteiger charge is 2.37. The highest BCUT2D eigenvalue weighted by Crippen LogP contribution is 2.24. The first-order valence-corrected chi connectivity index (χ1v) is 5.73. The Balaban J connectivity index is 2.20. The van der Waals surface area contributed by atoms with Gasteiger partial charge in [0, 0.05) is 10.6 Å². The topological polar surface area (TPSA) is 49.3 Å². The van der Waals surface area contributed by atoms with Crippen molar-refractivity contribution in [1.29, 1.82) is 0 Å². The van der Waals surface area contributed by atoms with E-state index in [4.69, 9.17) is 11.6 Å². The Morgan fingerprint density at radius 1 is 1.25 bits per heavy atom. The summed E-state index contributed by atoms with van der Waals surface area (Å²) >= 11 is 5.75. The Morgan fingerprint density at radius 2 is 1.81 bits per heavy atom. The molecule has 0 bridgehead atoms. The van der Waals surface area contributed by atoms with Gasteiger partial charge < -0.3 is 10.4 Å². The van der Waals surface area contributed by atoms with Crippen molar-refractivity contribution in [1.82, 2.24) is 5.32 Å². The van der Waals surface area contributed by atoms with Crippen molar-refractivity contribution in [2.75, 3.05) is 13.1 Å². The van der Waals surface area contributed by atoms with E-state index in [0.717, 1.165) is 0 Å². The van der Waals surface area contributed by atoms with Gasteiger partial charge >= 0.3 is 0 Å². The van der Waals surface area contributed by atoms with Gasteiger partial charge in [0.2, 0.25) is 0 Å². The van der Waals surface area contributed by atoms with Crippen molar-refractivity contribution in [3.8, 4) is 0 Å². The van der Waals surface area contributed by atoms with Crippen LogP contribution in [0.15, 0.2) is 24.3 Å². The molecule has 0 radical (unpaired) electrons.